The van der Waals surface area contributed by atoms with E-state index in [1.54, 1.807) is 19.5 Å². The summed E-state index contributed by atoms with van der Waals surface area (Å²) in [6, 6.07) is 11.4. The van der Waals surface area contributed by atoms with Crippen LogP contribution in [-0.4, -0.2) is 92.8 Å². The van der Waals surface area contributed by atoms with E-state index in [1.807, 2.05) is 45.9 Å². The summed E-state index contributed by atoms with van der Waals surface area (Å²) in [5, 5.41) is 18.5. The Hall–Kier alpha value is -2.95. The maximum atomic E-state index is 12.8. The lowest BCUT2D eigenvalue weighted by atomic mass is 10.2. The van der Waals surface area contributed by atoms with Gasteiger partial charge in [0.1, 0.15) is 5.75 Å². The van der Waals surface area contributed by atoms with Crippen LogP contribution < -0.4 is 4.74 Å². The quantitative estimate of drug-likeness (QED) is 0.513. The molecule has 0 spiro atoms. The maximum Gasteiger partial charge on any atom is 0.233 e. The van der Waals surface area contributed by atoms with Crippen LogP contribution in [0.5, 0.6) is 5.75 Å². The number of thioether (sulfide) groups is 1. The van der Waals surface area contributed by atoms with Crippen LogP contribution in [0, 0.1) is 0 Å². The zero-order chi connectivity index (χ0) is 22.3. The van der Waals surface area contributed by atoms with Gasteiger partial charge in [-0.25, -0.2) is 0 Å². The van der Waals surface area contributed by atoms with E-state index in [9.17, 15) is 4.79 Å². The molecule has 4 rings (SSSR count). The molecule has 0 bridgehead atoms. The summed E-state index contributed by atoms with van der Waals surface area (Å²) in [7, 11) is 1.63. The smallest absolute Gasteiger partial charge is 0.233 e. The Balaban J connectivity index is 1.55. The van der Waals surface area contributed by atoms with E-state index in [0.717, 1.165) is 24.3 Å². The van der Waals surface area contributed by atoms with Crippen LogP contribution in [0.15, 0.2) is 53.9 Å². The topological polar surface area (TPSA) is 96.6 Å². The third-order valence-corrected chi connectivity index (χ3v) is 6.28. The Morgan fingerprint density at radius 2 is 1.84 bits per heavy atom. The van der Waals surface area contributed by atoms with Gasteiger partial charge in [0.05, 0.1) is 25.2 Å². The number of carbonyl (C=O) groups excluding carboxylic acids is 1. The molecule has 0 unspecified atom stereocenters. The molecule has 0 aliphatic carbocycles. The first-order chi connectivity index (χ1) is 15.7. The summed E-state index contributed by atoms with van der Waals surface area (Å²) >= 11 is 1.36. The molecule has 168 valence electrons. The summed E-state index contributed by atoms with van der Waals surface area (Å²) in [5.74, 6) is 1.68. The van der Waals surface area contributed by atoms with E-state index in [1.165, 1.54) is 11.8 Å². The predicted molar refractivity (Wildman–Crippen MR) is 122 cm³/mol. The first-order valence-corrected chi connectivity index (χ1v) is 11.4. The highest BCUT2D eigenvalue weighted by Crippen LogP contribution is 2.32. The molecule has 1 aliphatic rings. The maximum absolute atomic E-state index is 12.8. The van der Waals surface area contributed by atoms with Crippen LogP contribution in [0.25, 0.3) is 17.1 Å². The number of carbonyl (C=O) groups is 1. The molecule has 32 heavy (non-hydrogen) atoms. The molecule has 3 heterocycles. The number of amides is 1. The van der Waals surface area contributed by atoms with Gasteiger partial charge in [-0.1, -0.05) is 23.9 Å². The Labute approximate surface area is 191 Å². The lowest BCUT2D eigenvalue weighted by Crippen LogP contribution is -2.49. The molecule has 1 amide bonds. The number of benzene rings is 1. The number of hydrogen-bond donors (Lipinski definition) is 1. The van der Waals surface area contributed by atoms with Gasteiger partial charge in [0.15, 0.2) is 11.0 Å². The fraction of sp³-hybridized carbons (Fsp3) is 0.364. The monoisotopic (exact) mass is 454 g/mol. The molecule has 3 aromatic rings. The average molecular weight is 455 g/mol. The second-order valence-electron chi connectivity index (χ2n) is 7.28. The Kier molecular flexibility index (Phi) is 7.35. The van der Waals surface area contributed by atoms with Crippen LogP contribution in [0.3, 0.4) is 0 Å². The number of methoxy groups -OCH3 is 1. The summed E-state index contributed by atoms with van der Waals surface area (Å²) in [4.78, 5) is 21.0. The molecule has 0 atom stereocenters. The van der Waals surface area contributed by atoms with Crippen molar-refractivity contribution < 1.29 is 14.6 Å². The molecule has 2 aromatic heterocycles. The second-order valence-corrected chi connectivity index (χ2v) is 8.23. The van der Waals surface area contributed by atoms with Crippen LogP contribution in [0.1, 0.15) is 0 Å². The van der Waals surface area contributed by atoms with Gasteiger partial charge in [-0.2, -0.15) is 0 Å². The van der Waals surface area contributed by atoms with E-state index in [4.69, 9.17) is 9.84 Å². The SMILES string of the molecule is COc1ccccc1-n1c(SCC(=O)N2CCN(CCO)CC2)nnc1-c1ccncc1. The number of para-hydroxylation sites is 2. The number of nitrogens with zero attached hydrogens (tertiary/aromatic N) is 6. The minimum atomic E-state index is 0.0682. The van der Waals surface area contributed by atoms with Crippen molar-refractivity contribution in [1.82, 2.24) is 29.5 Å². The van der Waals surface area contributed by atoms with Crippen LogP contribution >= 0.6 is 11.8 Å². The van der Waals surface area contributed by atoms with Crippen molar-refractivity contribution >= 4 is 17.7 Å². The largest absolute Gasteiger partial charge is 0.495 e. The number of aliphatic hydroxyl groups excluding tert-OH is 1. The number of ether oxygens (including phenoxy) is 1. The summed E-state index contributed by atoms with van der Waals surface area (Å²) in [6.45, 7) is 3.68. The Morgan fingerprint density at radius 1 is 1.09 bits per heavy atom. The molecule has 10 heteroatoms. The van der Waals surface area contributed by atoms with Gasteiger partial charge in [-0.3, -0.25) is 19.2 Å². The van der Waals surface area contributed by atoms with Gasteiger partial charge in [0.25, 0.3) is 0 Å². The minimum Gasteiger partial charge on any atom is -0.495 e. The van der Waals surface area contributed by atoms with Crippen molar-refractivity contribution in [2.24, 2.45) is 0 Å². The van der Waals surface area contributed by atoms with Crippen LogP contribution in [-0.2, 0) is 4.79 Å². The first-order valence-electron chi connectivity index (χ1n) is 10.4. The number of β-amino-alcohol motifs (C(OH)–C–C–N with tert-alkyl or cyclic N) is 1. The second kappa shape index (κ2) is 10.6. The van der Waals surface area contributed by atoms with E-state index in [2.05, 4.69) is 20.1 Å². The highest BCUT2D eigenvalue weighted by Gasteiger charge is 2.23. The molecule has 9 nitrogen and oxygen atoms in total. The van der Waals surface area contributed by atoms with Crippen molar-refractivity contribution in [3.05, 3.63) is 48.8 Å². The van der Waals surface area contributed by atoms with E-state index < -0.39 is 0 Å². The molecular formula is C22H26N6O3S. The Bertz CT molecular complexity index is 1040. The lowest BCUT2D eigenvalue weighted by molar-refractivity contribution is -0.130. The van der Waals surface area contributed by atoms with Gasteiger partial charge < -0.3 is 14.7 Å². The number of pyridine rings is 1. The zero-order valence-electron chi connectivity index (χ0n) is 17.9. The molecule has 0 radical (unpaired) electrons. The number of aromatic nitrogens is 4. The average Bonchev–Trinajstić information content (AvgIpc) is 3.27. The molecule has 1 N–H and O–H groups in total. The molecule has 0 saturated carbocycles. The number of rotatable bonds is 8. The molecule has 1 aromatic carbocycles. The third-order valence-electron chi connectivity index (χ3n) is 5.36. The fourth-order valence-electron chi connectivity index (χ4n) is 3.66. The fourth-order valence-corrected chi connectivity index (χ4v) is 4.51. The normalized spacial score (nSPS) is 14.5. The molecular weight excluding hydrogens is 428 g/mol. The molecule has 1 fully saturated rings. The van der Waals surface area contributed by atoms with Crippen molar-refractivity contribution in [1.29, 1.82) is 0 Å². The van der Waals surface area contributed by atoms with Gasteiger partial charge in [-0.15, -0.1) is 10.2 Å². The van der Waals surface area contributed by atoms with Gasteiger partial charge in [0.2, 0.25) is 5.91 Å². The van der Waals surface area contributed by atoms with Gasteiger partial charge in [0, 0.05) is 50.7 Å². The lowest BCUT2D eigenvalue weighted by Gasteiger charge is -2.34. The van der Waals surface area contributed by atoms with E-state index in [0.29, 0.717) is 36.4 Å². The highest BCUT2D eigenvalue weighted by atomic mass is 32.2. The molecule has 1 aliphatic heterocycles. The van der Waals surface area contributed by atoms with Gasteiger partial charge >= 0.3 is 0 Å². The van der Waals surface area contributed by atoms with Crippen molar-refractivity contribution in [3.8, 4) is 22.8 Å². The Morgan fingerprint density at radius 3 is 2.56 bits per heavy atom. The van der Waals surface area contributed by atoms with Crippen molar-refractivity contribution in [2.45, 2.75) is 5.16 Å². The van der Waals surface area contributed by atoms with E-state index >= 15 is 0 Å². The first kappa shape index (κ1) is 22.3. The summed E-state index contributed by atoms with van der Waals surface area (Å²) in [5.41, 5.74) is 1.68. The minimum absolute atomic E-state index is 0.0682. The summed E-state index contributed by atoms with van der Waals surface area (Å²) in [6.07, 6.45) is 3.42. The zero-order valence-corrected chi connectivity index (χ0v) is 18.7. The predicted octanol–water partition coefficient (Wildman–Crippen LogP) is 1.57. The van der Waals surface area contributed by atoms with Crippen LogP contribution in [0.2, 0.25) is 0 Å². The molecule has 1 saturated heterocycles. The highest BCUT2D eigenvalue weighted by molar-refractivity contribution is 7.99. The van der Waals surface area contributed by atoms with Crippen molar-refractivity contribution in [2.75, 3.05) is 52.2 Å². The van der Waals surface area contributed by atoms with Crippen molar-refractivity contribution in [3.63, 3.8) is 0 Å². The number of piperazine rings is 1. The van der Waals surface area contributed by atoms with E-state index in [-0.39, 0.29) is 18.3 Å². The van der Waals surface area contributed by atoms with Crippen LogP contribution in [0.4, 0.5) is 0 Å². The standard InChI is InChI=1S/C22H26N6O3S/c1-31-19-5-3-2-4-18(19)28-21(17-6-8-23-9-7-17)24-25-22(28)32-16-20(30)27-12-10-26(11-13-27)14-15-29/h2-9,29H,10-16H2,1H3. The number of hydrogen-bond acceptors (Lipinski definition) is 8. The third kappa shape index (κ3) is 4.93. The summed E-state index contributed by atoms with van der Waals surface area (Å²) < 4.78 is 7.49. The van der Waals surface area contributed by atoms with Gasteiger partial charge in [-0.05, 0) is 24.3 Å². The number of aliphatic hydroxyl groups is 1.